The van der Waals surface area contributed by atoms with Crippen molar-refractivity contribution in [3.8, 4) is 11.5 Å². The molecule has 2 aromatic carbocycles. The number of imide groups is 1. The first-order chi connectivity index (χ1) is 17.0. The molecule has 1 saturated heterocycles. The number of allylic oxidation sites excluding steroid dienone is 1. The SMILES string of the molecule is COc1ccc(NC(=O)CC2C(=O)N(c3ccc(OC)cc3)C(=O)N2CCC2=CCCCC2)cc1. The Morgan fingerprint density at radius 2 is 1.63 bits per heavy atom. The standard InChI is InChI=1S/C27H31N3O5/c1-34-22-12-8-20(9-13-22)28-25(31)18-24-26(32)30(21-10-14-23(35-2)15-11-21)27(33)29(24)17-16-19-6-4-3-5-7-19/h6,8-15,24H,3-5,7,16-18H2,1-2H3,(H,28,31). The Hall–Kier alpha value is -3.81. The number of urea groups is 1. The average molecular weight is 478 g/mol. The number of nitrogens with zero attached hydrogens (tertiary/aromatic N) is 2. The molecule has 4 rings (SSSR count). The molecule has 1 aliphatic carbocycles. The fourth-order valence-corrected chi connectivity index (χ4v) is 4.51. The number of methoxy groups -OCH3 is 2. The highest BCUT2D eigenvalue weighted by Gasteiger charge is 2.46. The number of anilines is 2. The Bertz CT molecular complexity index is 1090. The normalized spacial score (nSPS) is 17.9. The Morgan fingerprint density at radius 3 is 2.23 bits per heavy atom. The van der Waals surface area contributed by atoms with E-state index >= 15 is 0 Å². The molecule has 1 fully saturated rings. The van der Waals surface area contributed by atoms with E-state index in [1.807, 2.05) is 0 Å². The summed E-state index contributed by atoms with van der Waals surface area (Å²) in [5, 5.41) is 2.82. The molecule has 0 bridgehead atoms. The largest absolute Gasteiger partial charge is 0.497 e. The predicted molar refractivity (Wildman–Crippen MR) is 134 cm³/mol. The van der Waals surface area contributed by atoms with Crippen LogP contribution < -0.4 is 19.7 Å². The van der Waals surface area contributed by atoms with E-state index in [1.165, 1.54) is 21.8 Å². The van der Waals surface area contributed by atoms with E-state index in [0.29, 0.717) is 35.8 Å². The maximum atomic E-state index is 13.4. The molecule has 4 amide bonds. The van der Waals surface area contributed by atoms with Crippen molar-refractivity contribution in [2.24, 2.45) is 0 Å². The van der Waals surface area contributed by atoms with Gasteiger partial charge < -0.3 is 19.7 Å². The zero-order valence-electron chi connectivity index (χ0n) is 20.2. The summed E-state index contributed by atoms with van der Waals surface area (Å²) in [5.41, 5.74) is 2.36. The summed E-state index contributed by atoms with van der Waals surface area (Å²) in [5.74, 6) is 0.574. The van der Waals surface area contributed by atoms with E-state index in [9.17, 15) is 14.4 Å². The van der Waals surface area contributed by atoms with Crippen molar-refractivity contribution < 1.29 is 23.9 Å². The molecule has 1 N–H and O–H groups in total. The molecule has 2 aromatic rings. The summed E-state index contributed by atoms with van der Waals surface area (Å²) in [6.45, 7) is 0.392. The first kappa shape index (κ1) is 24.3. The highest BCUT2D eigenvalue weighted by atomic mass is 16.5. The lowest BCUT2D eigenvalue weighted by atomic mass is 9.97. The van der Waals surface area contributed by atoms with Crippen LogP contribution in [0.4, 0.5) is 16.2 Å². The van der Waals surface area contributed by atoms with Gasteiger partial charge in [0, 0.05) is 12.2 Å². The van der Waals surface area contributed by atoms with Gasteiger partial charge in [-0.15, -0.1) is 0 Å². The minimum atomic E-state index is -0.868. The van der Waals surface area contributed by atoms with Gasteiger partial charge in [0.05, 0.1) is 26.3 Å². The van der Waals surface area contributed by atoms with E-state index in [1.54, 1.807) is 62.8 Å². The third kappa shape index (κ3) is 5.65. The summed E-state index contributed by atoms with van der Waals surface area (Å²) in [6, 6.07) is 12.4. The van der Waals surface area contributed by atoms with E-state index in [2.05, 4.69) is 11.4 Å². The fourth-order valence-electron chi connectivity index (χ4n) is 4.51. The number of carbonyl (C=O) groups excluding carboxylic acids is 3. The minimum absolute atomic E-state index is 0.123. The fraction of sp³-hybridized carbons (Fsp3) is 0.370. The number of carbonyl (C=O) groups is 3. The minimum Gasteiger partial charge on any atom is -0.497 e. The zero-order chi connectivity index (χ0) is 24.8. The molecular formula is C27H31N3O5. The third-order valence-corrected chi connectivity index (χ3v) is 6.46. The Morgan fingerprint density at radius 1 is 0.971 bits per heavy atom. The second kappa shape index (κ2) is 11.1. The molecule has 1 atom stereocenters. The van der Waals surface area contributed by atoms with Crippen molar-refractivity contribution in [3.05, 3.63) is 60.2 Å². The van der Waals surface area contributed by atoms with Gasteiger partial charge in [0.2, 0.25) is 5.91 Å². The first-order valence-electron chi connectivity index (χ1n) is 11.9. The van der Waals surface area contributed by atoms with Gasteiger partial charge in [0.25, 0.3) is 5.91 Å². The van der Waals surface area contributed by atoms with Crippen molar-refractivity contribution in [1.29, 1.82) is 0 Å². The molecule has 35 heavy (non-hydrogen) atoms. The van der Waals surface area contributed by atoms with Crippen LogP contribution in [0.25, 0.3) is 0 Å². The first-order valence-corrected chi connectivity index (χ1v) is 11.9. The van der Waals surface area contributed by atoms with Crippen LogP contribution >= 0.6 is 0 Å². The number of hydrogen-bond acceptors (Lipinski definition) is 5. The number of hydrogen-bond donors (Lipinski definition) is 1. The predicted octanol–water partition coefficient (Wildman–Crippen LogP) is 4.76. The molecule has 1 unspecified atom stereocenters. The van der Waals surface area contributed by atoms with Crippen LogP contribution in [0.5, 0.6) is 11.5 Å². The van der Waals surface area contributed by atoms with Crippen LogP contribution in [0, 0.1) is 0 Å². The molecule has 0 saturated carbocycles. The van der Waals surface area contributed by atoms with E-state index in [-0.39, 0.29) is 12.3 Å². The highest BCUT2D eigenvalue weighted by Crippen LogP contribution is 2.30. The van der Waals surface area contributed by atoms with Gasteiger partial charge in [0.1, 0.15) is 17.5 Å². The van der Waals surface area contributed by atoms with Crippen molar-refractivity contribution in [3.63, 3.8) is 0 Å². The Kier molecular flexibility index (Phi) is 7.70. The van der Waals surface area contributed by atoms with E-state index in [0.717, 1.165) is 19.3 Å². The number of rotatable bonds is 9. The lowest BCUT2D eigenvalue weighted by molar-refractivity contribution is -0.124. The van der Waals surface area contributed by atoms with Gasteiger partial charge >= 0.3 is 6.03 Å². The number of amides is 4. The molecule has 0 spiro atoms. The summed E-state index contributed by atoms with van der Waals surface area (Å²) in [7, 11) is 3.13. The van der Waals surface area contributed by atoms with Gasteiger partial charge in [-0.2, -0.15) is 0 Å². The average Bonchev–Trinajstić information content (AvgIpc) is 3.12. The van der Waals surface area contributed by atoms with Crippen LogP contribution in [0.15, 0.2) is 60.2 Å². The van der Waals surface area contributed by atoms with Crippen molar-refractivity contribution in [2.75, 3.05) is 31.0 Å². The van der Waals surface area contributed by atoms with Crippen LogP contribution in [0.3, 0.4) is 0 Å². The second-order valence-electron chi connectivity index (χ2n) is 8.70. The second-order valence-corrected chi connectivity index (χ2v) is 8.70. The summed E-state index contributed by atoms with van der Waals surface area (Å²) in [4.78, 5) is 42.4. The molecular weight excluding hydrogens is 446 g/mol. The van der Waals surface area contributed by atoms with Crippen LogP contribution in [-0.4, -0.2) is 49.6 Å². The number of ether oxygens (including phenoxy) is 2. The Labute approximate surface area is 205 Å². The molecule has 184 valence electrons. The van der Waals surface area contributed by atoms with Gasteiger partial charge in [-0.05, 0) is 80.6 Å². The monoisotopic (exact) mass is 477 g/mol. The van der Waals surface area contributed by atoms with Gasteiger partial charge in [-0.3, -0.25) is 9.59 Å². The summed E-state index contributed by atoms with van der Waals surface area (Å²) >= 11 is 0. The van der Waals surface area contributed by atoms with Crippen molar-refractivity contribution >= 4 is 29.2 Å². The number of benzene rings is 2. The quantitative estimate of drug-likeness (QED) is 0.416. The molecule has 0 radical (unpaired) electrons. The van der Waals surface area contributed by atoms with E-state index in [4.69, 9.17) is 9.47 Å². The van der Waals surface area contributed by atoms with Gasteiger partial charge in [-0.1, -0.05) is 11.6 Å². The maximum absolute atomic E-state index is 13.4. The molecule has 1 aliphatic heterocycles. The van der Waals surface area contributed by atoms with Crippen molar-refractivity contribution in [2.45, 2.75) is 44.6 Å². The zero-order valence-corrected chi connectivity index (χ0v) is 20.2. The van der Waals surface area contributed by atoms with Crippen molar-refractivity contribution in [1.82, 2.24) is 4.90 Å². The molecule has 8 heteroatoms. The van der Waals surface area contributed by atoms with Gasteiger partial charge in [-0.25, -0.2) is 9.69 Å². The Balaban J connectivity index is 1.52. The smallest absolute Gasteiger partial charge is 0.332 e. The maximum Gasteiger partial charge on any atom is 0.332 e. The van der Waals surface area contributed by atoms with Crippen LogP contribution in [0.2, 0.25) is 0 Å². The number of nitrogens with one attached hydrogen (secondary N) is 1. The summed E-state index contributed by atoms with van der Waals surface area (Å²) in [6.07, 6.45) is 7.20. The lowest BCUT2D eigenvalue weighted by Gasteiger charge is -2.23. The van der Waals surface area contributed by atoms with Gasteiger partial charge in [0.15, 0.2) is 0 Å². The van der Waals surface area contributed by atoms with Crippen LogP contribution in [-0.2, 0) is 9.59 Å². The third-order valence-electron chi connectivity index (χ3n) is 6.46. The lowest BCUT2D eigenvalue weighted by Crippen LogP contribution is -2.38. The molecule has 1 heterocycles. The molecule has 8 nitrogen and oxygen atoms in total. The summed E-state index contributed by atoms with van der Waals surface area (Å²) < 4.78 is 10.3. The molecule has 0 aromatic heterocycles. The highest BCUT2D eigenvalue weighted by molar-refractivity contribution is 6.22. The van der Waals surface area contributed by atoms with E-state index < -0.39 is 18.0 Å². The van der Waals surface area contributed by atoms with Crippen LogP contribution in [0.1, 0.15) is 38.5 Å². The molecule has 2 aliphatic rings. The topological polar surface area (TPSA) is 88.2 Å².